The van der Waals surface area contributed by atoms with Crippen LogP contribution in [0.1, 0.15) is 0 Å². The van der Waals surface area contributed by atoms with Gasteiger partial charge >= 0.3 is 0 Å². The SMILES string of the molecule is O=S(=O)(c1ccc(F)cc1)N1CCOCC1CCl. The molecular formula is C11H13ClFNO3S. The van der Waals surface area contributed by atoms with Gasteiger partial charge in [-0.05, 0) is 24.3 Å². The molecule has 0 amide bonds. The molecule has 0 bridgehead atoms. The van der Waals surface area contributed by atoms with Crippen molar-refractivity contribution in [2.75, 3.05) is 25.6 Å². The van der Waals surface area contributed by atoms with Crippen LogP contribution in [-0.2, 0) is 14.8 Å². The molecule has 1 unspecified atom stereocenters. The summed E-state index contributed by atoms with van der Waals surface area (Å²) >= 11 is 5.75. The van der Waals surface area contributed by atoms with Crippen molar-refractivity contribution in [3.8, 4) is 0 Å². The van der Waals surface area contributed by atoms with Crippen molar-refractivity contribution in [1.29, 1.82) is 0 Å². The summed E-state index contributed by atoms with van der Waals surface area (Å²) in [6.45, 7) is 0.884. The number of nitrogens with zero attached hydrogens (tertiary/aromatic N) is 1. The molecule has 1 saturated heterocycles. The highest BCUT2D eigenvalue weighted by Gasteiger charge is 2.33. The van der Waals surface area contributed by atoms with Crippen LogP contribution in [0.5, 0.6) is 0 Å². The number of hydrogen-bond acceptors (Lipinski definition) is 3. The monoisotopic (exact) mass is 293 g/mol. The zero-order valence-corrected chi connectivity index (χ0v) is 11.1. The molecule has 7 heteroatoms. The summed E-state index contributed by atoms with van der Waals surface area (Å²) in [7, 11) is -3.64. The number of halogens is 2. The van der Waals surface area contributed by atoms with Crippen LogP contribution in [0.25, 0.3) is 0 Å². The van der Waals surface area contributed by atoms with Gasteiger partial charge in [-0.1, -0.05) is 0 Å². The first kappa shape index (κ1) is 13.7. The molecule has 1 aliphatic heterocycles. The van der Waals surface area contributed by atoms with E-state index in [-0.39, 0.29) is 30.0 Å². The molecule has 0 aliphatic carbocycles. The lowest BCUT2D eigenvalue weighted by Crippen LogP contribution is -2.49. The lowest BCUT2D eigenvalue weighted by atomic mass is 10.3. The van der Waals surface area contributed by atoms with Crippen LogP contribution in [0.15, 0.2) is 29.2 Å². The fraction of sp³-hybridized carbons (Fsp3) is 0.455. The Balaban J connectivity index is 2.32. The third-order valence-electron chi connectivity index (χ3n) is 2.77. The van der Waals surface area contributed by atoms with E-state index in [0.717, 1.165) is 12.1 Å². The fourth-order valence-electron chi connectivity index (χ4n) is 1.82. The maximum Gasteiger partial charge on any atom is 0.243 e. The number of morpholine rings is 1. The first-order valence-corrected chi connectivity index (χ1v) is 7.44. The number of benzene rings is 1. The van der Waals surface area contributed by atoms with Crippen molar-refractivity contribution in [1.82, 2.24) is 4.31 Å². The normalized spacial score (nSPS) is 22.0. The van der Waals surface area contributed by atoms with Crippen molar-refractivity contribution in [3.05, 3.63) is 30.1 Å². The van der Waals surface area contributed by atoms with Crippen LogP contribution in [-0.4, -0.2) is 44.4 Å². The van der Waals surface area contributed by atoms with E-state index in [9.17, 15) is 12.8 Å². The Kier molecular flexibility index (Phi) is 4.21. The van der Waals surface area contributed by atoms with E-state index >= 15 is 0 Å². The Morgan fingerprint density at radius 3 is 2.67 bits per heavy atom. The van der Waals surface area contributed by atoms with Crippen LogP contribution < -0.4 is 0 Å². The lowest BCUT2D eigenvalue weighted by molar-refractivity contribution is 0.0404. The minimum atomic E-state index is -3.64. The number of rotatable bonds is 3. The molecule has 1 heterocycles. The van der Waals surface area contributed by atoms with Gasteiger partial charge in [0.2, 0.25) is 10.0 Å². The third-order valence-corrected chi connectivity index (χ3v) is 5.09. The summed E-state index contributed by atoms with van der Waals surface area (Å²) in [5.41, 5.74) is 0. The summed E-state index contributed by atoms with van der Waals surface area (Å²) in [5.74, 6) is -0.301. The number of ether oxygens (including phenoxy) is 1. The second-order valence-corrected chi connectivity index (χ2v) is 6.15. The highest BCUT2D eigenvalue weighted by Crippen LogP contribution is 2.21. The minimum absolute atomic E-state index is 0.0703. The molecule has 1 atom stereocenters. The molecule has 0 saturated carbocycles. The predicted octanol–water partition coefficient (Wildman–Crippen LogP) is 1.45. The second kappa shape index (κ2) is 5.52. The molecule has 1 fully saturated rings. The summed E-state index contributed by atoms with van der Waals surface area (Å²) in [4.78, 5) is 0.0703. The molecule has 1 aliphatic rings. The molecule has 18 heavy (non-hydrogen) atoms. The number of hydrogen-bond donors (Lipinski definition) is 0. The smallest absolute Gasteiger partial charge is 0.243 e. The Labute approximate surface area is 110 Å². The molecule has 100 valence electrons. The maximum absolute atomic E-state index is 12.8. The van der Waals surface area contributed by atoms with Gasteiger partial charge in [0.15, 0.2) is 0 Å². The topological polar surface area (TPSA) is 46.6 Å². The van der Waals surface area contributed by atoms with Crippen molar-refractivity contribution in [2.45, 2.75) is 10.9 Å². The van der Waals surface area contributed by atoms with E-state index in [2.05, 4.69) is 0 Å². The van der Waals surface area contributed by atoms with E-state index < -0.39 is 15.8 Å². The summed E-state index contributed by atoms with van der Waals surface area (Å²) < 4.78 is 44.0. The third kappa shape index (κ3) is 2.66. The van der Waals surface area contributed by atoms with Crippen LogP contribution in [0.3, 0.4) is 0 Å². The number of alkyl halides is 1. The molecule has 2 rings (SSSR count). The highest BCUT2D eigenvalue weighted by atomic mass is 35.5. The largest absolute Gasteiger partial charge is 0.378 e. The quantitative estimate of drug-likeness (QED) is 0.793. The first-order valence-electron chi connectivity index (χ1n) is 5.47. The van der Waals surface area contributed by atoms with Gasteiger partial charge in [0.25, 0.3) is 0 Å². The Morgan fingerprint density at radius 2 is 2.06 bits per heavy atom. The maximum atomic E-state index is 12.8. The van der Waals surface area contributed by atoms with Crippen LogP contribution in [0, 0.1) is 5.82 Å². The van der Waals surface area contributed by atoms with Gasteiger partial charge in [0.05, 0.1) is 24.2 Å². The highest BCUT2D eigenvalue weighted by molar-refractivity contribution is 7.89. The fourth-order valence-corrected chi connectivity index (χ4v) is 3.75. The van der Waals surface area contributed by atoms with Crippen molar-refractivity contribution < 1.29 is 17.5 Å². The second-order valence-electron chi connectivity index (χ2n) is 3.95. The average Bonchev–Trinajstić information content (AvgIpc) is 2.39. The Hall–Kier alpha value is -0.690. The molecule has 0 N–H and O–H groups in total. The van der Waals surface area contributed by atoms with E-state index in [1.807, 2.05) is 0 Å². The van der Waals surface area contributed by atoms with Crippen molar-refractivity contribution in [3.63, 3.8) is 0 Å². The first-order chi connectivity index (χ1) is 8.55. The Morgan fingerprint density at radius 1 is 1.39 bits per heavy atom. The molecule has 1 aromatic rings. The number of sulfonamides is 1. The van der Waals surface area contributed by atoms with Gasteiger partial charge < -0.3 is 4.74 Å². The van der Waals surface area contributed by atoms with E-state index in [1.165, 1.54) is 16.4 Å². The van der Waals surface area contributed by atoms with E-state index in [4.69, 9.17) is 16.3 Å². The van der Waals surface area contributed by atoms with E-state index in [1.54, 1.807) is 0 Å². The zero-order valence-electron chi connectivity index (χ0n) is 9.55. The predicted molar refractivity (Wildman–Crippen MR) is 65.6 cm³/mol. The van der Waals surface area contributed by atoms with Gasteiger partial charge in [0.1, 0.15) is 5.82 Å². The standard InChI is InChI=1S/C11H13ClFNO3S/c12-7-10-8-17-6-5-14(10)18(15,16)11-3-1-9(13)2-4-11/h1-4,10H,5-8H2. The van der Waals surface area contributed by atoms with Crippen molar-refractivity contribution >= 4 is 21.6 Å². The molecule has 0 aromatic heterocycles. The molecule has 0 radical (unpaired) electrons. The van der Waals surface area contributed by atoms with Crippen LogP contribution in [0.2, 0.25) is 0 Å². The molecule has 4 nitrogen and oxygen atoms in total. The summed E-state index contributed by atoms with van der Waals surface area (Å²) in [5, 5.41) is 0. The van der Waals surface area contributed by atoms with Gasteiger partial charge in [-0.25, -0.2) is 12.8 Å². The van der Waals surface area contributed by atoms with E-state index in [0.29, 0.717) is 6.61 Å². The van der Waals surface area contributed by atoms with Gasteiger partial charge in [-0.2, -0.15) is 4.31 Å². The molecule has 0 spiro atoms. The minimum Gasteiger partial charge on any atom is -0.378 e. The lowest BCUT2D eigenvalue weighted by Gasteiger charge is -2.33. The summed E-state index contributed by atoms with van der Waals surface area (Å²) in [6, 6.07) is 4.39. The van der Waals surface area contributed by atoms with Crippen LogP contribution in [0.4, 0.5) is 4.39 Å². The average molecular weight is 294 g/mol. The molecular weight excluding hydrogens is 281 g/mol. The van der Waals surface area contributed by atoms with Crippen LogP contribution >= 0.6 is 11.6 Å². The van der Waals surface area contributed by atoms with Gasteiger partial charge in [-0.3, -0.25) is 0 Å². The Bertz CT molecular complexity index is 506. The summed E-state index contributed by atoms with van der Waals surface area (Å²) in [6.07, 6.45) is 0. The van der Waals surface area contributed by atoms with Crippen molar-refractivity contribution in [2.24, 2.45) is 0 Å². The van der Waals surface area contributed by atoms with Gasteiger partial charge in [0, 0.05) is 12.4 Å². The zero-order chi connectivity index (χ0) is 13.2. The molecule has 1 aromatic carbocycles. The van der Waals surface area contributed by atoms with Gasteiger partial charge in [-0.15, -0.1) is 11.6 Å².